The van der Waals surface area contributed by atoms with E-state index in [1.54, 1.807) is 4.90 Å². The number of hydrogen-bond acceptors (Lipinski definition) is 3. The number of nitrogens with one attached hydrogen (secondary N) is 1. The molecule has 0 aliphatic heterocycles. The summed E-state index contributed by atoms with van der Waals surface area (Å²) < 4.78 is 8.69. The van der Waals surface area contributed by atoms with E-state index in [0.717, 1.165) is 42.4 Å². The molecule has 1 aromatic heterocycles. The highest BCUT2D eigenvalue weighted by atomic mass is 79.9. The van der Waals surface area contributed by atoms with E-state index in [0.29, 0.717) is 45.8 Å². The predicted octanol–water partition coefficient (Wildman–Crippen LogP) is 5.67. The number of rotatable bonds is 17. The molecule has 0 saturated carbocycles. The van der Waals surface area contributed by atoms with E-state index < -0.39 is 0 Å². The molecule has 1 aromatic carbocycles. The van der Waals surface area contributed by atoms with E-state index in [4.69, 9.17) is 4.74 Å². The molecule has 0 fully saturated rings. The SMILES string of the molecule is CCCCNC(=O)N(CCCOCC)CC(=O)N(CCCC)Cc1cccn1Cc1ccc(Br)cc1. The monoisotopic (exact) mass is 562 g/mol. The van der Waals surface area contributed by atoms with Crippen molar-refractivity contribution in [2.24, 2.45) is 0 Å². The molecular weight excluding hydrogens is 520 g/mol. The average Bonchev–Trinajstić information content (AvgIpc) is 3.31. The molecule has 36 heavy (non-hydrogen) atoms. The van der Waals surface area contributed by atoms with Crippen molar-refractivity contribution >= 4 is 27.9 Å². The molecule has 0 bridgehead atoms. The lowest BCUT2D eigenvalue weighted by atomic mass is 10.2. The van der Waals surface area contributed by atoms with Crippen LogP contribution in [0, 0.1) is 0 Å². The number of ether oxygens (including phenoxy) is 1. The number of carbonyl (C=O) groups excluding carboxylic acids is 2. The van der Waals surface area contributed by atoms with Crippen molar-refractivity contribution in [1.82, 2.24) is 19.7 Å². The Kier molecular flexibility index (Phi) is 14.3. The first kappa shape index (κ1) is 29.9. The maximum atomic E-state index is 13.5. The number of halogens is 1. The third-order valence-corrected chi connectivity index (χ3v) is 6.55. The summed E-state index contributed by atoms with van der Waals surface area (Å²) in [6.45, 7) is 10.5. The fraction of sp³-hybridized carbons (Fsp3) is 0.571. The fourth-order valence-corrected chi connectivity index (χ4v) is 4.14. The molecule has 2 aromatic rings. The van der Waals surface area contributed by atoms with Gasteiger partial charge in [0, 0.05) is 55.8 Å². The predicted molar refractivity (Wildman–Crippen MR) is 149 cm³/mol. The van der Waals surface area contributed by atoms with Gasteiger partial charge in [-0.2, -0.15) is 0 Å². The molecule has 0 aliphatic carbocycles. The molecule has 1 N–H and O–H groups in total. The van der Waals surface area contributed by atoms with Gasteiger partial charge in [-0.15, -0.1) is 0 Å². The maximum absolute atomic E-state index is 13.5. The van der Waals surface area contributed by atoms with Crippen LogP contribution in [0.15, 0.2) is 47.1 Å². The average molecular weight is 564 g/mol. The topological polar surface area (TPSA) is 66.8 Å². The summed E-state index contributed by atoms with van der Waals surface area (Å²) in [5, 5.41) is 2.97. The lowest BCUT2D eigenvalue weighted by Crippen LogP contribution is -2.47. The Morgan fingerprint density at radius 1 is 0.972 bits per heavy atom. The van der Waals surface area contributed by atoms with Crippen LogP contribution in [-0.2, 0) is 22.6 Å². The van der Waals surface area contributed by atoms with E-state index in [-0.39, 0.29) is 18.5 Å². The van der Waals surface area contributed by atoms with Crippen molar-refractivity contribution in [3.63, 3.8) is 0 Å². The Morgan fingerprint density at radius 2 is 1.69 bits per heavy atom. The van der Waals surface area contributed by atoms with Gasteiger partial charge in [0.1, 0.15) is 6.54 Å². The van der Waals surface area contributed by atoms with Crippen LogP contribution < -0.4 is 5.32 Å². The highest BCUT2D eigenvalue weighted by Crippen LogP contribution is 2.15. The lowest BCUT2D eigenvalue weighted by molar-refractivity contribution is -0.132. The highest BCUT2D eigenvalue weighted by Gasteiger charge is 2.22. The standard InChI is InChI=1S/C28H43BrN4O3/c1-4-7-16-30-28(35)33(19-10-20-36-6-3)23-27(34)32(17-8-5-2)22-26-11-9-18-31(26)21-24-12-14-25(29)15-13-24/h9,11-15,18H,4-8,10,16-17,19-23H2,1-3H3,(H,30,35). The second-order valence-corrected chi connectivity index (χ2v) is 9.90. The molecule has 0 spiro atoms. The molecular formula is C28H43BrN4O3. The largest absolute Gasteiger partial charge is 0.382 e. The summed E-state index contributed by atoms with van der Waals surface area (Å²) in [6.07, 6.45) is 6.61. The molecule has 0 unspecified atom stereocenters. The Balaban J connectivity index is 2.09. The lowest BCUT2D eigenvalue weighted by Gasteiger charge is -2.28. The number of carbonyl (C=O) groups is 2. The van der Waals surface area contributed by atoms with Gasteiger partial charge in [0.25, 0.3) is 0 Å². The first-order chi connectivity index (χ1) is 17.5. The normalized spacial score (nSPS) is 10.9. The van der Waals surface area contributed by atoms with Crippen LogP contribution in [0.4, 0.5) is 4.79 Å². The number of urea groups is 1. The van der Waals surface area contributed by atoms with Crippen LogP contribution in [-0.4, -0.2) is 65.7 Å². The second kappa shape index (κ2) is 17.2. The van der Waals surface area contributed by atoms with Crippen molar-refractivity contribution in [2.45, 2.75) is 66.0 Å². The van der Waals surface area contributed by atoms with Crippen molar-refractivity contribution < 1.29 is 14.3 Å². The zero-order valence-corrected chi connectivity index (χ0v) is 23.8. The molecule has 7 nitrogen and oxygen atoms in total. The molecule has 200 valence electrons. The first-order valence-electron chi connectivity index (χ1n) is 13.2. The van der Waals surface area contributed by atoms with Gasteiger partial charge in [-0.05, 0) is 56.0 Å². The number of nitrogens with zero attached hydrogens (tertiary/aromatic N) is 3. The van der Waals surface area contributed by atoms with Crippen LogP contribution in [0.2, 0.25) is 0 Å². The van der Waals surface area contributed by atoms with Gasteiger partial charge in [0.15, 0.2) is 0 Å². The van der Waals surface area contributed by atoms with Gasteiger partial charge in [0.2, 0.25) is 5.91 Å². The molecule has 0 atom stereocenters. The summed E-state index contributed by atoms with van der Waals surface area (Å²) in [4.78, 5) is 29.9. The van der Waals surface area contributed by atoms with Crippen molar-refractivity contribution in [1.29, 1.82) is 0 Å². The Morgan fingerprint density at radius 3 is 2.39 bits per heavy atom. The number of unbranched alkanes of at least 4 members (excludes halogenated alkanes) is 2. The van der Waals surface area contributed by atoms with Crippen LogP contribution in [0.3, 0.4) is 0 Å². The molecule has 1 heterocycles. The molecule has 0 aliphatic rings. The van der Waals surface area contributed by atoms with Crippen LogP contribution >= 0.6 is 15.9 Å². The Labute approximate surface area is 225 Å². The molecule has 3 amide bonds. The summed E-state index contributed by atoms with van der Waals surface area (Å²) >= 11 is 3.49. The summed E-state index contributed by atoms with van der Waals surface area (Å²) in [7, 11) is 0. The van der Waals surface area contributed by atoms with Gasteiger partial charge < -0.3 is 24.4 Å². The minimum absolute atomic E-state index is 0.0260. The third-order valence-electron chi connectivity index (χ3n) is 6.02. The van der Waals surface area contributed by atoms with Gasteiger partial charge in [-0.3, -0.25) is 4.79 Å². The van der Waals surface area contributed by atoms with Crippen LogP contribution in [0.1, 0.15) is 64.1 Å². The van der Waals surface area contributed by atoms with E-state index in [9.17, 15) is 9.59 Å². The van der Waals surface area contributed by atoms with Gasteiger partial charge in [-0.25, -0.2) is 4.79 Å². The minimum atomic E-state index is -0.178. The van der Waals surface area contributed by atoms with Gasteiger partial charge in [0.05, 0.1) is 6.54 Å². The van der Waals surface area contributed by atoms with Crippen molar-refractivity contribution in [2.75, 3.05) is 39.4 Å². The van der Waals surface area contributed by atoms with E-state index in [2.05, 4.69) is 64.1 Å². The summed E-state index contributed by atoms with van der Waals surface area (Å²) in [5.74, 6) is -0.0260. The molecule has 0 saturated heterocycles. The van der Waals surface area contributed by atoms with Gasteiger partial charge >= 0.3 is 6.03 Å². The van der Waals surface area contributed by atoms with Crippen molar-refractivity contribution in [3.8, 4) is 0 Å². The number of amides is 3. The maximum Gasteiger partial charge on any atom is 0.317 e. The third kappa shape index (κ3) is 10.7. The first-order valence-corrected chi connectivity index (χ1v) is 14.0. The number of benzene rings is 1. The van der Waals surface area contributed by atoms with E-state index in [1.807, 2.05) is 30.0 Å². The molecule has 8 heteroatoms. The number of hydrogen-bond donors (Lipinski definition) is 1. The van der Waals surface area contributed by atoms with Crippen molar-refractivity contribution in [3.05, 3.63) is 58.3 Å². The zero-order chi connectivity index (χ0) is 26.2. The summed E-state index contributed by atoms with van der Waals surface area (Å²) in [5.41, 5.74) is 2.28. The smallest absolute Gasteiger partial charge is 0.317 e. The minimum Gasteiger partial charge on any atom is -0.382 e. The number of aromatic nitrogens is 1. The van der Waals surface area contributed by atoms with Crippen LogP contribution in [0.25, 0.3) is 0 Å². The zero-order valence-electron chi connectivity index (χ0n) is 22.2. The van der Waals surface area contributed by atoms with E-state index in [1.165, 1.54) is 5.56 Å². The highest BCUT2D eigenvalue weighted by molar-refractivity contribution is 9.10. The second-order valence-electron chi connectivity index (χ2n) is 8.98. The fourth-order valence-electron chi connectivity index (χ4n) is 3.87. The Bertz CT molecular complexity index is 900. The van der Waals surface area contributed by atoms with Crippen LogP contribution in [0.5, 0.6) is 0 Å². The Hall–Kier alpha value is -2.32. The molecule has 2 rings (SSSR count). The molecule has 0 radical (unpaired) electrons. The quantitative estimate of drug-likeness (QED) is 0.253. The summed E-state index contributed by atoms with van der Waals surface area (Å²) in [6, 6.07) is 12.2. The van der Waals surface area contributed by atoms with E-state index >= 15 is 0 Å². The van der Waals surface area contributed by atoms with Gasteiger partial charge in [-0.1, -0.05) is 54.8 Å².